The lowest BCUT2D eigenvalue weighted by Crippen LogP contribution is -2.31. The maximum Gasteiger partial charge on any atom is 0.319 e. The molecule has 34 heavy (non-hydrogen) atoms. The van der Waals surface area contributed by atoms with Crippen LogP contribution in [-0.4, -0.2) is 21.6 Å². The quantitative estimate of drug-likeness (QED) is 0.466. The molecular formula is C25H26FN3O4S. The van der Waals surface area contributed by atoms with E-state index in [1.165, 1.54) is 19.2 Å². The number of hydrogen-bond acceptors (Lipinski definition) is 5. The minimum Gasteiger partial charge on any atom is -0.496 e. The Morgan fingerprint density at radius 1 is 1.09 bits per heavy atom. The van der Waals surface area contributed by atoms with Crippen molar-refractivity contribution in [3.8, 4) is 5.75 Å². The van der Waals surface area contributed by atoms with Crippen molar-refractivity contribution in [2.24, 2.45) is 0 Å². The van der Waals surface area contributed by atoms with Crippen LogP contribution < -0.4 is 20.7 Å². The van der Waals surface area contributed by atoms with E-state index in [2.05, 4.69) is 16.0 Å². The average Bonchev–Trinajstić information content (AvgIpc) is 3.27. The molecule has 1 heterocycles. The molecular weight excluding hydrogens is 457 g/mol. The Bertz CT molecular complexity index is 1330. The molecule has 2 amide bonds. The lowest BCUT2D eigenvalue weighted by atomic mass is 10.1. The average molecular weight is 484 g/mol. The molecule has 0 aromatic heterocycles. The number of carbonyl (C=O) groups is 1. The molecule has 0 radical (unpaired) electrons. The fourth-order valence-corrected chi connectivity index (χ4v) is 5.33. The first-order chi connectivity index (χ1) is 16.3. The summed E-state index contributed by atoms with van der Waals surface area (Å²) in [6.45, 7) is 3.25. The number of urea groups is 1. The standard InChI is InChI=1S/C25H26FN3O4S/c1-16(21-5-3-4-6-24(21)33-2)28-25(30)29-23-10-9-20(12-22(23)26)34(31,32)15-17-7-8-18-13-27-14-19(18)11-17/h3-12,16,27H,13-15H2,1-2H3,(H2,28,29,30). The van der Waals surface area contributed by atoms with E-state index >= 15 is 0 Å². The molecule has 0 saturated carbocycles. The predicted molar refractivity (Wildman–Crippen MR) is 128 cm³/mol. The molecule has 178 valence electrons. The van der Waals surface area contributed by atoms with Crippen molar-refractivity contribution in [3.05, 3.63) is 88.7 Å². The van der Waals surface area contributed by atoms with Gasteiger partial charge in [0.05, 0.1) is 29.5 Å². The van der Waals surface area contributed by atoms with E-state index in [-0.39, 0.29) is 16.3 Å². The van der Waals surface area contributed by atoms with E-state index in [1.807, 2.05) is 30.3 Å². The summed E-state index contributed by atoms with van der Waals surface area (Å²) in [5.41, 5.74) is 3.53. The maximum atomic E-state index is 14.7. The number of halogens is 1. The first kappa shape index (κ1) is 23.7. The number of amides is 2. The first-order valence-corrected chi connectivity index (χ1v) is 12.5. The van der Waals surface area contributed by atoms with E-state index in [1.54, 1.807) is 19.1 Å². The second kappa shape index (κ2) is 9.82. The number of hydrogen-bond donors (Lipinski definition) is 3. The monoisotopic (exact) mass is 483 g/mol. The van der Waals surface area contributed by atoms with Crippen LogP contribution in [0.15, 0.2) is 65.6 Å². The van der Waals surface area contributed by atoms with Gasteiger partial charge >= 0.3 is 6.03 Å². The third-order valence-electron chi connectivity index (χ3n) is 5.76. The summed E-state index contributed by atoms with van der Waals surface area (Å²) >= 11 is 0. The van der Waals surface area contributed by atoms with Crippen molar-refractivity contribution < 1.29 is 22.3 Å². The van der Waals surface area contributed by atoms with Gasteiger partial charge in [0.25, 0.3) is 0 Å². The number of para-hydroxylation sites is 1. The van der Waals surface area contributed by atoms with E-state index in [0.29, 0.717) is 17.9 Å². The second-order valence-electron chi connectivity index (χ2n) is 8.17. The molecule has 9 heteroatoms. The van der Waals surface area contributed by atoms with Gasteiger partial charge in [0, 0.05) is 18.7 Å². The highest BCUT2D eigenvalue weighted by atomic mass is 32.2. The molecule has 0 aliphatic carbocycles. The molecule has 7 nitrogen and oxygen atoms in total. The highest BCUT2D eigenvalue weighted by molar-refractivity contribution is 7.90. The van der Waals surface area contributed by atoms with Gasteiger partial charge in [-0.15, -0.1) is 0 Å². The van der Waals surface area contributed by atoms with Crippen molar-refractivity contribution in [3.63, 3.8) is 0 Å². The Labute approximate surface area is 198 Å². The van der Waals surface area contributed by atoms with Gasteiger partial charge in [-0.25, -0.2) is 17.6 Å². The molecule has 0 saturated heterocycles. The zero-order valence-electron chi connectivity index (χ0n) is 18.9. The smallest absolute Gasteiger partial charge is 0.319 e. The van der Waals surface area contributed by atoms with Gasteiger partial charge in [-0.2, -0.15) is 0 Å². The lowest BCUT2D eigenvalue weighted by molar-refractivity contribution is 0.249. The van der Waals surface area contributed by atoms with Crippen LogP contribution in [0.2, 0.25) is 0 Å². The molecule has 0 fully saturated rings. The number of ether oxygens (including phenoxy) is 1. The number of rotatable bonds is 7. The van der Waals surface area contributed by atoms with Gasteiger partial charge < -0.3 is 20.7 Å². The van der Waals surface area contributed by atoms with Gasteiger partial charge in [0.1, 0.15) is 11.6 Å². The van der Waals surface area contributed by atoms with Crippen LogP contribution in [0.3, 0.4) is 0 Å². The number of benzene rings is 3. The van der Waals surface area contributed by atoms with Crippen molar-refractivity contribution in [1.82, 2.24) is 10.6 Å². The zero-order chi connectivity index (χ0) is 24.3. The molecule has 0 spiro atoms. The van der Waals surface area contributed by atoms with Crippen LogP contribution >= 0.6 is 0 Å². The first-order valence-electron chi connectivity index (χ1n) is 10.8. The fraction of sp³-hybridized carbons (Fsp3) is 0.240. The van der Waals surface area contributed by atoms with Gasteiger partial charge in [0.15, 0.2) is 9.84 Å². The van der Waals surface area contributed by atoms with Gasteiger partial charge in [0.2, 0.25) is 0 Å². The lowest BCUT2D eigenvalue weighted by Gasteiger charge is -2.18. The van der Waals surface area contributed by atoms with E-state index < -0.39 is 27.7 Å². The summed E-state index contributed by atoms with van der Waals surface area (Å²) in [5.74, 6) is -0.446. The number of sulfone groups is 1. The highest BCUT2D eigenvalue weighted by Gasteiger charge is 2.20. The summed E-state index contributed by atoms with van der Waals surface area (Å²) in [6, 6.07) is 15.3. The van der Waals surface area contributed by atoms with Crippen molar-refractivity contribution in [2.75, 3.05) is 12.4 Å². The second-order valence-corrected chi connectivity index (χ2v) is 10.2. The summed E-state index contributed by atoms with van der Waals surface area (Å²) in [4.78, 5) is 12.3. The SMILES string of the molecule is COc1ccccc1C(C)NC(=O)Nc1ccc(S(=O)(=O)Cc2ccc3c(c2)CNC3)cc1F. The Morgan fingerprint density at radius 2 is 1.85 bits per heavy atom. The number of anilines is 1. The minimum absolute atomic E-state index is 0.118. The maximum absolute atomic E-state index is 14.7. The molecule has 3 N–H and O–H groups in total. The van der Waals surface area contributed by atoms with Crippen LogP contribution in [0.4, 0.5) is 14.9 Å². The van der Waals surface area contributed by atoms with Crippen LogP contribution in [0, 0.1) is 5.82 Å². The van der Waals surface area contributed by atoms with E-state index in [9.17, 15) is 17.6 Å². The Kier molecular flexibility index (Phi) is 6.85. The van der Waals surface area contributed by atoms with E-state index in [0.717, 1.165) is 29.3 Å². The zero-order valence-corrected chi connectivity index (χ0v) is 19.7. The molecule has 3 aromatic carbocycles. The summed E-state index contributed by atoms with van der Waals surface area (Å²) in [5, 5.41) is 8.38. The summed E-state index contributed by atoms with van der Waals surface area (Å²) < 4.78 is 45.7. The van der Waals surface area contributed by atoms with Gasteiger partial charge in [-0.3, -0.25) is 0 Å². The molecule has 1 atom stereocenters. The van der Waals surface area contributed by atoms with Crippen molar-refractivity contribution in [2.45, 2.75) is 36.7 Å². The molecule has 0 bridgehead atoms. The van der Waals surface area contributed by atoms with Gasteiger partial charge in [-0.1, -0.05) is 36.4 Å². The number of methoxy groups -OCH3 is 1. The summed E-state index contributed by atoms with van der Waals surface area (Å²) in [7, 11) is -2.22. The Balaban J connectivity index is 1.43. The normalized spacial score (nSPS) is 13.7. The van der Waals surface area contributed by atoms with Crippen LogP contribution in [0.1, 0.15) is 35.2 Å². The number of fused-ring (bicyclic) bond motifs is 1. The molecule has 4 rings (SSSR count). The molecule has 1 aliphatic heterocycles. The van der Waals surface area contributed by atoms with Crippen LogP contribution in [0.25, 0.3) is 0 Å². The minimum atomic E-state index is -3.76. The van der Waals surface area contributed by atoms with Crippen LogP contribution in [0.5, 0.6) is 5.75 Å². The molecule has 3 aromatic rings. The van der Waals surface area contributed by atoms with E-state index in [4.69, 9.17) is 4.74 Å². The molecule has 1 aliphatic rings. The summed E-state index contributed by atoms with van der Waals surface area (Å²) in [6.07, 6.45) is 0. The molecule has 1 unspecified atom stereocenters. The Hall–Kier alpha value is -3.43. The van der Waals surface area contributed by atoms with Gasteiger partial charge in [-0.05, 0) is 47.9 Å². The topological polar surface area (TPSA) is 96.5 Å². The highest BCUT2D eigenvalue weighted by Crippen LogP contribution is 2.26. The third-order valence-corrected chi connectivity index (χ3v) is 7.44. The predicted octanol–water partition coefficient (Wildman–Crippen LogP) is 4.29. The number of nitrogens with one attached hydrogen (secondary N) is 3. The fourth-order valence-electron chi connectivity index (χ4n) is 3.99. The van der Waals surface area contributed by atoms with Crippen molar-refractivity contribution >= 4 is 21.6 Å². The number of carbonyl (C=O) groups excluding carboxylic acids is 1. The van der Waals surface area contributed by atoms with Crippen LogP contribution in [-0.2, 0) is 28.7 Å². The third kappa shape index (κ3) is 5.21. The largest absolute Gasteiger partial charge is 0.496 e. The Morgan fingerprint density at radius 3 is 2.62 bits per heavy atom. The van der Waals surface area contributed by atoms with Crippen molar-refractivity contribution in [1.29, 1.82) is 0 Å².